The van der Waals surface area contributed by atoms with Gasteiger partial charge >= 0.3 is 0 Å². The zero-order valence-electron chi connectivity index (χ0n) is 14.5. The highest BCUT2D eigenvalue weighted by atomic mass is 16.3. The summed E-state index contributed by atoms with van der Waals surface area (Å²) in [5.74, 6) is 0.917. The van der Waals surface area contributed by atoms with Crippen LogP contribution in [0.4, 0.5) is 5.95 Å². The molecule has 0 amide bonds. The number of nitrogens with zero attached hydrogens (tertiary/aromatic N) is 4. The Morgan fingerprint density at radius 3 is 2.48 bits per heavy atom. The standard InChI is InChI=1S/C20H24N4O/c25-16-12-23(13-16)11-14-5-7-15(8-6-14)19-17-3-1-4-18(17)21-20(22-19)24-9-2-10-24/h5-8,16,25H,1-4,9-13H2. The second-order valence-corrected chi connectivity index (χ2v) is 7.54. The molecule has 1 aromatic carbocycles. The lowest BCUT2D eigenvalue weighted by molar-refractivity contribution is -0.00286. The summed E-state index contributed by atoms with van der Waals surface area (Å²) in [6.45, 7) is 4.66. The normalized spacial score (nSPS) is 20.3. The van der Waals surface area contributed by atoms with Gasteiger partial charge in [0.1, 0.15) is 0 Å². The SMILES string of the molecule is OC1CN(Cc2ccc(-c3nc(N4CCC4)nc4c3CCC4)cc2)C1. The molecule has 0 radical (unpaired) electrons. The van der Waals surface area contributed by atoms with Crippen LogP contribution in [0.15, 0.2) is 24.3 Å². The second-order valence-electron chi connectivity index (χ2n) is 7.54. The third-order valence-corrected chi connectivity index (χ3v) is 5.63. The molecular formula is C20H24N4O. The first-order valence-corrected chi connectivity index (χ1v) is 9.41. The number of likely N-dealkylation sites (tertiary alicyclic amines) is 1. The van der Waals surface area contributed by atoms with E-state index in [-0.39, 0.29) is 6.10 Å². The van der Waals surface area contributed by atoms with Gasteiger partial charge in [-0.2, -0.15) is 0 Å². The molecule has 130 valence electrons. The maximum Gasteiger partial charge on any atom is 0.226 e. The topological polar surface area (TPSA) is 52.5 Å². The van der Waals surface area contributed by atoms with Crippen LogP contribution in [0.3, 0.4) is 0 Å². The lowest BCUT2D eigenvalue weighted by Gasteiger charge is -2.35. The molecular weight excluding hydrogens is 312 g/mol. The van der Waals surface area contributed by atoms with Gasteiger partial charge in [0.25, 0.3) is 0 Å². The van der Waals surface area contributed by atoms with Gasteiger partial charge in [0, 0.05) is 49.5 Å². The molecule has 0 unspecified atom stereocenters. The van der Waals surface area contributed by atoms with Gasteiger partial charge in [0.2, 0.25) is 5.95 Å². The Morgan fingerprint density at radius 2 is 1.80 bits per heavy atom. The van der Waals surface area contributed by atoms with Crippen molar-refractivity contribution in [3.63, 3.8) is 0 Å². The molecule has 0 saturated carbocycles. The van der Waals surface area contributed by atoms with Crippen molar-refractivity contribution in [2.45, 2.75) is 38.3 Å². The minimum atomic E-state index is -0.136. The lowest BCUT2D eigenvalue weighted by atomic mass is 10.0. The zero-order chi connectivity index (χ0) is 16.8. The molecule has 3 aliphatic rings. The molecule has 0 spiro atoms. The molecule has 3 heterocycles. The van der Waals surface area contributed by atoms with Gasteiger partial charge in [-0.3, -0.25) is 4.90 Å². The summed E-state index contributed by atoms with van der Waals surface area (Å²) in [5.41, 5.74) is 6.24. The van der Waals surface area contributed by atoms with Crippen molar-refractivity contribution in [1.29, 1.82) is 0 Å². The van der Waals surface area contributed by atoms with E-state index in [9.17, 15) is 5.11 Å². The highest BCUT2D eigenvalue weighted by molar-refractivity contribution is 5.66. The van der Waals surface area contributed by atoms with Gasteiger partial charge in [0.05, 0.1) is 11.8 Å². The molecule has 5 heteroatoms. The molecule has 5 rings (SSSR count). The predicted molar refractivity (Wildman–Crippen MR) is 97.6 cm³/mol. The lowest BCUT2D eigenvalue weighted by Crippen LogP contribution is -2.49. The first-order chi connectivity index (χ1) is 12.3. The van der Waals surface area contributed by atoms with Crippen molar-refractivity contribution >= 4 is 5.95 Å². The monoisotopic (exact) mass is 336 g/mol. The first kappa shape index (κ1) is 15.3. The summed E-state index contributed by atoms with van der Waals surface area (Å²) in [7, 11) is 0. The molecule has 25 heavy (non-hydrogen) atoms. The van der Waals surface area contributed by atoms with Crippen LogP contribution in [-0.4, -0.2) is 52.3 Å². The third-order valence-electron chi connectivity index (χ3n) is 5.63. The highest BCUT2D eigenvalue weighted by Crippen LogP contribution is 2.33. The summed E-state index contributed by atoms with van der Waals surface area (Å²) in [6, 6.07) is 8.80. The molecule has 1 N–H and O–H groups in total. The average Bonchev–Trinajstić information content (AvgIpc) is 3.00. The number of anilines is 1. The Hall–Kier alpha value is -1.98. The van der Waals surface area contributed by atoms with Crippen LogP contribution in [0.2, 0.25) is 0 Å². The van der Waals surface area contributed by atoms with Crippen molar-refractivity contribution in [2.75, 3.05) is 31.1 Å². The zero-order valence-corrected chi connectivity index (χ0v) is 14.5. The van der Waals surface area contributed by atoms with E-state index in [0.29, 0.717) is 0 Å². The Labute approximate surface area is 148 Å². The Morgan fingerprint density at radius 1 is 1.00 bits per heavy atom. The molecule has 2 fully saturated rings. The number of benzene rings is 1. The average molecular weight is 336 g/mol. The smallest absolute Gasteiger partial charge is 0.226 e. The second kappa shape index (κ2) is 6.07. The molecule has 0 atom stereocenters. The van der Waals surface area contributed by atoms with Crippen molar-refractivity contribution < 1.29 is 5.11 Å². The molecule has 2 saturated heterocycles. The van der Waals surface area contributed by atoms with E-state index in [1.165, 1.54) is 35.2 Å². The van der Waals surface area contributed by atoms with Crippen LogP contribution in [-0.2, 0) is 19.4 Å². The minimum absolute atomic E-state index is 0.136. The molecule has 1 aliphatic carbocycles. The number of aliphatic hydroxyl groups excluding tert-OH is 1. The number of aliphatic hydroxyl groups is 1. The van der Waals surface area contributed by atoms with Crippen LogP contribution in [0, 0.1) is 0 Å². The van der Waals surface area contributed by atoms with Gasteiger partial charge in [-0.25, -0.2) is 9.97 Å². The molecule has 0 bridgehead atoms. The Bertz CT molecular complexity index is 779. The molecule has 2 aliphatic heterocycles. The maximum atomic E-state index is 9.41. The van der Waals surface area contributed by atoms with Crippen LogP contribution < -0.4 is 4.90 Å². The summed E-state index contributed by atoms with van der Waals surface area (Å²) < 4.78 is 0. The fourth-order valence-corrected chi connectivity index (χ4v) is 4.01. The largest absolute Gasteiger partial charge is 0.390 e. The van der Waals surface area contributed by atoms with Gasteiger partial charge in [0.15, 0.2) is 0 Å². The van der Waals surface area contributed by atoms with Crippen molar-refractivity contribution in [3.8, 4) is 11.3 Å². The summed E-state index contributed by atoms with van der Waals surface area (Å²) in [6.07, 6.45) is 4.48. The number of fused-ring (bicyclic) bond motifs is 1. The van der Waals surface area contributed by atoms with Gasteiger partial charge in [-0.05, 0) is 31.2 Å². The van der Waals surface area contributed by atoms with Crippen molar-refractivity contribution in [2.24, 2.45) is 0 Å². The van der Waals surface area contributed by atoms with Gasteiger partial charge in [-0.15, -0.1) is 0 Å². The van der Waals surface area contributed by atoms with Gasteiger partial charge in [-0.1, -0.05) is 24.3 Å². The number of hydrogen-bond donors (Lipinski definition) is 1. The van der Waals surface area contributed by atoms with Crippen LogP contribution in [0.1, 0.15) is 29.7 Å². The van der Waals surface area contributed by atoms with E-state index in [1.807, 2.05) is 0 Å². The third kappa shape index (κ3) is 2.81. The summed E-state index contributed by atoms with van der Waals surface area (Å²) in [5, 5.41) is 9.41. The number of hydrogen-bond acceptors (Lipinski definition) is 5. The van der Waals surface area contributed by atoms with E-state index in [0.717, 1.165) is 57.2 Å². The fourth-order valence-electron chi connectivity index (χ4n) is 4.01. The van der Waals surface area contributed by atoms with Crippen molar-refractivity contribution in [3.05, 3.63) is 41.1 Å². The Balaban J connectivity index is 1.43. The molecule has 1 aromatic heterocycles. The minimum Gasteiger partial charge on any atom is -0.390 e. The predicted octanol–water partition coefficient (Wildman–Crippen LogP) is 2.02. The van der Waals surface area contributed by atoms with E-state index in [1.54, 1.807) is 0 Å². The highest BCUT2D eigenvalue weighted by Gasteiger charge is 2.25. The number of β-amino-alcohol motifs (C(OH)–C–C–N with tert-alkyl or cyclic N) is 1. The summed E-state index contributed by atoms with van der Waals surface area (Å²) in [4.78, 5) is 14.3. The number of aryl methyl sites for hydroxylation is 1. The fraction of sp³-hybridized carbons (Fsp3) is 0.500. The first-order valence-electron chi connectivity index (χ1n) is 9.41. The van der Waals surface area contributed by atoms with Crippen LogP contribution in [0.25, 0.3) is 11.3 Å². The van der Waals surface area contributed by atoms with Crippen LogP contribution >= 0.6 is 0 Å². The van der Waals surface area contributed by atoms with E-state index < -0.39 is 0 Å². The Kier molecular flexibility index (Phi) is 3.71. The number of rotatable bonds is 4. The summed E-state index contributed by atoms with van der Waals surface area (Å²) >= 11 is 0. The van der Waals surface area contributed by atoms with Gasteiger partial charge < -0.3 is 10.0 Å². The van der Waals surface area contributed by atoms with E-state index in [2.05, 4.69) is 34.1 Å². The number of aromatic nitrogens is 2. The maximum absolute atomic E-state index is 9.41. The molecule has 2 aromatic rings. The quantitative estimate of drug-likeness (QED) is 0.926. The van der Waals surface area contributed by atoms with Crippen LogP contribution in [0.5, 0.6) is 0 Å². The van der Waals surface area contributed by atoms with E-state index in [4.69, 9.17) is 9.97 Å². The van der Waals surface area contributed by atoms with Crippen molar-refractivity contribution in [1.82, 2.24) is 14.9 Å². The van der Waals surface area contributed by atoms with E-state index >= 15 is 0 Å². The molecule has 5 nitrogen and oxygen atoms in total.